The van der Waals surface area contributed by atoms with E-state index < -0.39 is 43.0 Å². The number of hydrogen-bond acceptors (Lipinski definition) is 8. The van der Waals surface area contributed by atoms with E-state index in [1.807, 2.05) is 0 Å². The molecule has 0 spiro atoms. The van der Waals surface area contributed by atoms with E-state index in [0.29, 0.717) is 6.42 Å². The van der Waals surface area contributed by atoms with E-state index in [1.54, 1.807) is 0 Å². The molecule has 194 valence electrons. The molecule has 4 atom stereocenters. The molecule has 4 unspecified atom stereocenters. The fourth-order valence-electron chi connectivity index (χ4n) is 3.53. The molecule has 0 fully saturated rings. The number of aliphatic hydroxyl groups excluding tert-OH is 5. The first kappa shape index (κ1) is 35.4. The van der Waals surface area contributed by atoms with Gasteiger partial charge in [0, 0.05) is 6.42 Å². The summed E-state index contributed by atoms with van der Waals surface area (Å²) in [6.45, 7) is 1.37. The number of aliphatic hydroxyl groups is 5. The average Bonchev–Trinajstić information content (AvgIpc) is 2.79. The molecule has 0 aromatic heterocycles. The number of carbonyl (C=O) groups is 2. The Kier molecular flexibility index (Phi) is 25.6. The monoisotopic (exact) mass is 504 g/mol. The molecule has 0 aromatic carbocycles. The molecule has 0 aromatic rings. The molecule has 33 heavy (non-hydrogen) atoms. The average molecular weight is 505 g/mol. The molecule has 0 aliphatic rings. The molecule has 0 radical (unpaired) electrons. The predicted octanol–water partition coefficient (Wildman–Crippen LogP) is 1.84. The van der Waals surface area contributed by atoms with Crippen LogP contribution in [0.5, 0.6) is 0 Å². The van der Waals surface area contributed by atoms with Crippen LogP contribution in [0.4, 0.5) is 0 Å². The topological polar surface area (TPSA) is 145 Å². The summed E-state index contributed by atoms with van der Waals surface area (Å²) in [5, 5.41) is 46.6. The quantitative estimate of drug-likeness (QED) is 0.0689. The second-order valence-corrected chi connectivity index (χ2v) is 8.67. The number of hydrogen-bond donors (Lipinski definition) is 5. The molecular weight excluding hydrogens is 456 g/mol. The maximum atomic E-state index is 11.7. The zero-order chi connectivity index (χ0) is 24.2. The van der Waals surface area contributed by atoms with Gasteiger partial charge < -0.3 is 30.3 Å². The molecule has 5 N–H and O–H groups in total. The first-order chi connectivity index (χ1) is 15.3. The van der Waals surface area contributed by atoms with Crippen LogP contribution in [0.2, 0.25) is 0 Å². The van der Waals surface area contributed by atoms with Crippen LogP contribution in [0.15, 0.2) is 0 Å². The Hall–Kier alpha value is 0.200. The van der Waals surface area contributed by atoms with Gasteiger partial charge in [0.2, 0.25) is 0 Å². The van der Waals surface area contributed by atoms with Crippen LogP contribution in [-0.4, -0.2) is 106 Å². The van der Waals surface area contributed by atoms with Gasteiger partial charge in [-0.1, -0.05) is 96.8 Å². The van der Waals surface area contributed by atoms with Crippen molar-refractivity contribution >= 4 is 49.7 Å². The van der Waals surface area contributed by atoms with Gasteiger partial charge in [-0.15, -0.1) is 0 Å². The Labute approximate surface area is 229 Å². The van der Waals surface area contributed by atoms with Crippen molar-refractivity contribution in [3.8, 4) is 0 Å². The summed E-state index contributed by atoms with van der Waals surface area (Å²) in [5.41, 5.74) is 0. The van der Waals surface area contributed by atoms with E-state index >= 15 is 0 Å². The fourth-order valence-corrected chi connectivity index (χ4v) is 3.53. The molecule has 8 nitrogen and oxygen atoms in total. The Balaban J connectivity index is 0. The molecule has 0 aliphatic carbocycles. The summed E-state index contributed by atoms with van der Waals surface area (Å²) in [4.78, 5) is 23.3. The van der Waals surface area contributed by atoms with Crippen LogP contribution < -0.4 is 0 Å². The summed E-state index contributed by atoms with van der Waals surface area (Å²) in [6, 6.07) is 0. The number of rotatable bonds is 21. The predicted molar refractivity (Wildman–Crippen MR) is 130 cm³/mol. The van der Waals surface area contributed by atoms with Crippen LogP contribution in [0, 0.1) is 0 Å². The van der Waals surface area contributed by atoms with Gasteiger partial charge in [0.05, 0.1) is 6.61 Å². The van der Waals surface area contributed by atoms with E-state index in [4.69, 9.17) is 5.11 Å². The van der Waals surface area contributed by atoms with Gasteiger partial charge >= 0.3 is 49.7 Å². The van der Waals surface area contributed by atoms with E-state index in [-0.39, 0.29) is 44.2 Å². The molecule has 9 heteroatoms. The Morgan fingerprint density at radius 1 is 0.667 bits per heavy atom. The third-order valence-corrected chi connectivity index (χ3v) is 5.70. The number of ether oxygens (including phenoxy) is 1. The first-order valence-electron chi connectivity index (χ1n) is 12.4. The van der Waals surface area contributed by atoms with Crippen LogP contribution in [0.25, 0.3) is 0 Å². The van der Waals surface area contributed by atoms with Gasteiger partial charge in [0.15, 0.2) is 6.10 Å². The Bertz CT molecular complexity index is 477. The summed E-state index contributed by atoms with van der Waals surface area (Å²) in [7, 11) is 0. The van der Waals surface area contributed by atoms with Crippen molar-refractivity contribution in [1.29, 1.82) is 0 Å². The van der Waals surface area contributed by atoms with Gasteiger partial charge in [0.1, 0.15) is 18.3 Å². The van der Waals surface area contributed by atoms with Crippen molar-refractivity contribution in [3.05, 3.63) is 0 Å². The van der Waals surface area contributed by atoms with Gasteiger partial charge in [-0.2, -0.15) is 0 Å². The van der Waals surface area contributed by atoms with Crippen LogP contribution in [-0.2, 0) is 14.3 Å². The Morgan fingerprint density at radius 3 is 1.45 bits per heavy atom. The molecule has 0 rings (SSSR count). The maximum absolute atomic E-state index is 11.7. The third-order valence-electron chi connectivity index (χ3n) is 5.70. The zero-order valence-electron chi connectivity index (χ0n) is 19.8. The van der Waals surface area contributed by atoms with Gasteiger partial charge in [-0.25, -0.2) is 4.79 Å². The third kappa shape index (κ3) is 19.1. The summed E-state index contributed by atoms with van der Waals surface area (Å²) >= 11 is 0. The van der Waals surface area contributed by atoms with E-state index in [2.05, 4.69) is 11.7 Å². The van der Waals surface area contributed by atoms with Crippen molar-refractivity contribution in [2.24, 2.45) is 0 Å². The fraction of sp³-hybridized carbons (Fsp3) is 0.917. The summed E-state index contributed by atoms with van der Waals surface area (Å²) < 4.78 is 4.47. The van der Waals surface area contributed by atoms with E-state index in [1.165, 1.54) is 70.6 Å². The standard InChI is InChI=1S/C24H46O8.Ca.2H/c1-2-3-4-5-6-7-8-9-10-11-12-13-14-15-16-17-20(27)32-24(31)23(30)22(29)21(28)19(26)18-25;;;/h19,21-23,25-26,28-30H,2-18H2,1H3;;;. The molecule has 0 aliphatic heterocycles. The number of unbranched alkanes of at least 4 members (excludes halogenated alkanes) is 14. The molecule has 0 heterocycles. The van der Waals surface area contributed by atoms with Crippen LogP contribution in [0.3, 0.4) is 0 Å². The summed E-state index contributed by atoms with van der Waals surface area (Å²) in [6.07, 6.45) is 10.0. The second-order valence-electron chi connectivity index (χ2n) is 8.67. The molecule has 0 bridgehead atoms. The number of esters is 2. The Morgan fingerprint density at radius 2 is 1.06 bits per heavy atom. The van der Waals surface area contributed by atoms with Crippen molar-refractivity contribution in [3.63, 3.8) is 0 Å². The van der Waals surface area contributed by atoms with Crippen molar-refractivity contribution in [2.45, 2.75) is 134 Å². The first-order valence-corrected chi connectivity index (χ1v) is 12.4. The van der Waals surface area contributed by atoms with Gasteiger partial charge in [-0.05, 0) is 6.42 Å². The van der Waals surface area contributed by atoms with Crippen LogP contribution in [0.1, 0.15) is 110 Å². The SMILES string of the molecule is CCCCCCCCCCCCCCCCCC(=O)OC(=O)C(O)C(O)C(O)C(O)CO.[CaH2]. The van der Waals surface area contributed by atoms with Crippen LogP contribution >= 0.6 is 0 Å². The van der Waals surface area contributed by atoms with E-state index in [0.717, 1.165) is 19.3 Å². The molecule has 0 saturated carbocycles. The van der Waals surface area contributed by atoms with Crippen molar-refractivity contribution in [2.75, 3.05) is 6.61 Å². The van der Waals surface area contributed by atoms with Crippen molar-refractivity contribution in [1.82, 2.24) is 0 Å². The molecule has 0 saturated heterocycles. The molecule has 0 amide bonds. The summed E-state index contributed by atoms with van der Waals surface area (Å²) in [5.74, 6) is -2.21. The van der Waals surface area contributed by atoms with E-state index in [9.17, 15) is 30.0 Å². The number of carbonyl (C=O) groups excluding carboxylic acids is 2. The van der Waals surface area contributed by atoms with Gasteiger partial charge in [-0.3, -0.25) is 4.79 Å². The zero-order valence-corrected chi connectivity index (χ0v) is 19.8. The minimum absolute atomic E-state index is 0. The van der Waals surface area contributed by atoms with Crippen molar-refractivity contribution < 1.29 is 39.9 Å². The molecular formula is C24H48CaO8. The second kappa shape index (κ2) is 23.9. The normalized spacial score (nSPS) is 14.7. The minimum atomic E-state index is -2.20. The van der Waals surface area contributed by atoms with Gasteiger partial charge in [0.25, 0.3) is 0 Å².